The minimum Gasteiger partial charge on any atom is -0.453 e. The van der Waals surface area contributed by atoms with Gasteiger partial charge in [0.2, 0.25) is 0 Å². The smallest absolute Gasteiger partial charge is 0.414 e. The van der Waals surface area contributed by atoms with Gasteiger partial charge in [-0.2, -0.15) is 11.8 Å². The Morgan fingerprint density at radius 1 is 1.44 bits per heavy atom. The lowest BCUT2D eigenvalue weighted by Crippen LogP contribution is -2.34. The molecule has 2 fully saturated rings. The van der Waals surface area contributed by atoms with E-state index < -0.39 is 18.3 Å². The van der Waals surface area contributed by atoms with Crippen LogP contribution in [-0.4, -0.2) is 63.1 Å². The highest BCUT2D eigenvalue weighted by Gasteiger charge is 2.33. The number of halogens is 1. The summed E-state index contributed by atoms with van der Waals surface area (Å²) in [4.78, 5) is 26.5. The average Bonchev–Trinajstić information content (AvgIpc) is 3.01. The van der Waals surface area contributed by atoms with Crippen molar-refractivity contribution in [2.45, 2.75) is 6.10 Å². The van der Waals surface area contributed by atoms with Gasteiger partial charge in [-0.05, 0) is 18.2 Å². The standard InChI is InChI=1S/C16H20FN3O4S/c1-23-15(21)18-9-12-10-20(16(22)24-12)11-2-3-14(13(17)8-11)19-4-6-25-7-5-19/h2-3,8,12H,4-7,9-10H2,1H3,(H,18,21)/t12-/m0/s1. The highest BCUT2D eigenvalue weighted by atomic mass is 32.2. The normalized spacial score (nSPS) is 20.4. The Bertz CT molecular complexity index is 654. The van der Waals surface area contributed by atoms with E-state index in [1.165, 1.54) is 18.1 Å². The Balaban J connectivity index is 1.66. The van der Waals surface area contributed by atoms with Crippen LogP contribution in [0.4, 0.5) is 25.4 Å². The van der Waals surface area contributed by atoms with Crippen LogP contribution in [0.3, 0.4) is 0 Å². The highest BCUT2D eigenvalue weighted by Crippen LogP contribution is 2.29. The molecule has 7 nitrogen and oxygen atoms in total. The van der Waals surface area contributed by atoms with Gasteiger partial charge in [-0.3, -0.25) is 4.90 Å². The number of thioether (sulfide) groups is 1. The Labute approximate surface area is 149 Å². The predicted molar refractivity (Wildman–Crippen MR) is 94.0 cm³/mol. The number of anilines is 2. The van der Waals surface area contributed by atoms with Crippen molar-refractivity contribution in [2.24, 2.45) is 0 Å². The summed E-state index contributed by atoms with van der Waals surface area (Å²) in [5.41, 5.74) is 0.999. The monoisotopic (exact) mass is 369 g/mol. The van der Waals surface area contributed by atoms with Crippen molar-refractivity contribution < 1.29 is 23.5 Å². The van der Waals surface area contributed by atoms with E-state index >= 15 is 0 Å². The van der Waals surface area contributed by atoms with Crippen LogP contribution < -0.4 is 15.1 Å². The number of ether oxygens (including phenoxy) is 2. The number of nitrogens with zero attached hydrogens (tertiary/aromatic N) is 2. The van der Waals surface area contributed by atoms with E-state index in [2.05, 4.69) is 10.1 Å². The fraction of sp³-hybridized carbons (Fsp3) is 0.500. The van der Waals surface area contributed by atoms with Crippen molar-refractivity contribution in [1.29, 1.82) is 0 Å². The fourth-order valence-corrected chi connectivity index (χ4v) is 3.74. The number of carbonyl (C=O) groups is 2. The number of cyclic esters (lactones) is 1. The maximum Gasteiger partial charge on any atom is 0.414 e. The molecular weight excluding hydrogens is 349 g/mol. The van der Waals surface area contributed by atoms with Gasteiger partial charge in [0, 0.05) is 24.6 Å². The molecule has 2 aliphatic rings. The van der Waals surface area contributed by atoms with E-state index in [-0.39, 0.29) is 18.9 Å². The molecule has 0 saturated carbocycles. The molecule has 136 valence electrons. The van der Waals surface area contributed by atoms with Crippen molar-refractivity contribution in [3.63, 3.8) is 0 Å². The van der Waals surface area contributed by atoms with Gasteiger partial charge < -0.3 is 19.7 Å². The lowest BCUT2D eigenvalue weighted by Gasteiger charge is -2.29. The zero-order chi connectivity index (χ0) is 17.8. The summed E-state index contributed by atoms with van der Waals surface area (Å²) in [6.07, 6.45) is -1.66. The van der Waals surface area contributed by atoms with Gasteiger partial charge in [0.25, 0.3) is 0 Å². The molecular formula is C16H20FN3O4S. The molecule has 2 heterocycles. The second-order valence-electron chi connectivity index (χ2n) is 5.72. The summed E-state index contributed by atoms with van der Waals surface area (Å²) in [5.74, 6) is 1.61. The maximum absolute atomic E-state index is 14.5. The maximum atomic E-state index is 14.5. The molecule has 2 amide bonds. The molecule has 1 atom stereocenters. The molecule has 3 rings (SSSR count). The van der Waals surface area contributed by atoms with Gasteiger partial charge in [-0.25, -0.2) is 14.0 Å². The molecule has 0 spiro atoms. The van der Waals surface area contributed by atoms with E-state index in [0.29, 0.717) is 11.4 Å². The van der Waals surface area contributed by atoms with Crippen LogP contribution in [0.2, 0.25) is 0 Å². The zero-order valence-corrected chi connectivity index (χ0v) is 14.7. The topological polar surface area (TPSA) is 71.1 Å². The first-order chi connectivity index (χ1) is 12.1. The summed E-state index contributed by atoms with van der Waals surface area (Å²) < 4.78 is 24.2. The van der Waals surface area contributed by atoms with Gasteiger partial charge in [0.05, 0.1) is 31.6 Å². The Morgan fingerprint density at radius 3 is 2.88 bits per heavy atom. The third kappa shape index (κ3) is 4.09. The lowest BCUT2D eigenvalue weighted by molar-refractivity contribution is 0.132. The fourth-order valence-electron chi connectivity index (χ4n) is 2.83. The largest absolute Gasteiger partial charge is 0.453 e. The minimum atomic E-state index is -0.593. The summed E-state index contributed by atoms with van der Waals surface area (Å²) in [6, 6.07) is 4.78. The number of hydrogen-bond donors (Lipinski definition) is 1. The molecule has 0 unspecified atom stereocenters. The summed E-state index contributed by atoms with van der Waals surface area (Å²) >= 11 is 1.86. The molecule has 0 aromatic heterocycles. The first-order valence-corrected chi connectivity index (χ1v) is 9.16. The van der Waals surface area contributed by atoms with Crippen molar-refractivity contribution in [3.05, 3.63) is 24.0 Å². The highest BCUT2D eigenvalue weighted by molar-refractivity contribution is 7.99. The van der Waals surface area contributed by atoms with E-state index in [4.69, 9.17) is 4.74 Å². The van der Waals surface area contributed by atoms with Crippen LogP contribution in [0.5, 0.6) is 0 Å². The number of alkyl carbamates (subject to hydrolysis) is 1. The molecule has 0 aliphatic carbocycles. The molecule has 1 aromatic carbocycles. The second-order valence-corrected chi connectivity index (χ2v) is 6.95. The van der Waals surface area contributed by atoms with Crippen LogP contribution in [0.15, 0.2) is 18.2 Å². The molecule has 9 heteroatoms. The summed E-state index contributed by atoms with van der Waals surface area (Å²) in [5, 5.41) is 2.48. The second kappa shape index (κ2) is 7.81. The van der Waals surface area contributed by atoms with Gasteiger partial charge in [0.1, 0.15) is 11.9 Å². The number of hydrogen-bond acceptors (Lipinski definition) is 6. The van der Waals surface area contributed by atoms with Crippen LogP contribution >= 0.6 is 11.8 Å². The van der Waals surface area contributed by atoms with Crippen molar-refractivity contribution in [3.8, 4) is 0 Å². The van der Waals surface area contributed by atoms with Gasteiger partial charge in [-0.1, -0.05) is 0 Å². The molecule has 25 heavy (non-hydrogen) atoms. The van der Waals surface area contributed by atoms with Gasteiger partial charge in [-0.15, -0.1) is 0 Å². The third-order valence-corrected chi connectivity index (χ3v) is 5.07. The first kappa shape index (κ1) is 17.7. The minimum absolute atomic E-state index is 0.140. The summed E-state index contributed by atoms with van der Waals surface area (Å²) in [6.45, 7) is 2.00. The van der Waals surface area contributed by atoms with Crippen LogP contribution in [0.1, 0.15) is 0 Å². The quantitative estimate of drug-likeness (QED) is 0.876. The van der Waals surface area contributed by atoms with Crippen LogP contribution in [0, 0.1) is 5.82 Å². The summed E-state index contributed by atoms with van der Waals surface area (Å²) in [7, 11) is 1.26. The van der Waals surface area contributed by atoms with Crippen molar-refractivity contribution in [1.82, 2.24) is 5.32 Å². The van der Waals surface area contributed by atoms with Gasteiger partial charge >= 0.3 is 12.2 Å². The molecule has 2 saturated heterocycles. The van der Waals surface area contributed by atoms with Crippen LogP contribution in [-0.2, 0) is 9.47 Å². The Hall–Kier alpha value is -2.16. The third-order valence-electron chi connectivity index (χ3n) is 4.13. The Morgan fingerprint density at radius 2 is 2.20 bits per heavy atom. The molecule has 2 aliphatic heterocycles. The Kier molecular flexibility index (Phi) is 5.52. The number of nitrogens with one attached hydrogen (secondary N) is 1. The number of rotatable bonds is 4. The average molecular weight is 369 g/mol. The number of amides is 2. The molecule has 0 bridgehead atoms. The van der Waals surface area contributed by atoms with E-state index in [1.54, 1.807) is 12.1 Å². The van der Waals surface area contributed by atoms with E-state index in [9.17, 15) is 14.0 Å². The van der Waals surface area contributed by atoms with Crippen LogP contribution in [0.25, 0.3) is 0 Å². The van der Waals surface area contributed by atoms with E-state index in [0.717, 1.165) is 24.6 Å². The number of carbonyl (C=O) groups excluding carboxylic acids is 2. The molecule has 0 radical (unpaired) electrons. The first-order valence-electron chi connectivity index (χ1n) is 8.00. The molecule has 1 N–H and O–H groups in total. The van der Waals surface area contributed by atoms with Gasteiger partial charge in [0.15, 0.2) is 0 Å². The SMILES string of the molecule is COC(=O)NC[C@H]1CN(c2ccc(N3CCSCC3)c(F)c2)C(=O)O1. The van der Waals surface area contributed by atoms with Crippen molar-refractivity contribution >= 4 is 35.3 Å². The zero-order valence-electron chi connectivity index (χ0n) is 13.9. The number of benzene rings is 1. The lowest BCUT2D eigenvalue weighted by atomic mass is 10.2. The van der Waals surface area contributed by atoms with E-state index in [1.807, 2.05) is 16.7 Å². The predicted octanol–water partition coefficient (Wildman–Crippen LogP) is 2.06. The molecule has 1 aromatic rings. The number of methoxy groups -OCH3 is 1. The van der Waals surface area contributed by atoms with Crippen molar-refractivity contribution in [2.75, 3.05) is 54.6 Å².